The third kappa shape index (κ3) is 2.55. The lowest BCUT2D eigenvalue weighted by molar-refractivity contribution is 0.492. The van der Waals surface area contributed by atoms with Crippen molar-refractivity contribution in [3.05, 3.63) is 29.6 Å². The standard InChI is InChI=1S/C12H18N2/c1-9-4-3-5-12(14-9)8-13-10(2)11-6-7-11/h3-5,10-11,13H,6-8H2,1-2H3. The van der Waals surface area contributed by atoms with Gasteiger partial charge in [0.05, 0.1) is 5.69 Å². The van der Waals surface area contributed by atoms with Gasteiger partial charge in [0.1, 0.15) is 0 Å². The molecular weight excluding hydrogens is 172 g/mol. The van der Waals surface area contributed by atoms with E-state index in [0.717, 1.165) is 23.9 Å². The lowest BCUT2D eigenvalue weighted by atomic mass is 10.2. The molecule has 1 aromatic rings. The Bertz CT molecular complexity index is 305. The van der Waals surface area contributed by atoms with Crippen molar-refractivity contribution in [2.24, 2.45) is 5.92 Å². The second-order valence-electron chi connectivity index (χ2n) is 4.28. The van der Waals surface area contributed by atoms with Gasteiger partial charge in [-0.05, 0) is 44.7 Å². The summed E-state index contributed by atoms with van der Waals surface area (Å²) in [5.74, 6) is 0.916. The summed E-state index contributed by atoms with van der Waals surface area (Å²) < 4.78 is 0. The van der Waals surface area contributed by atoms with Crippen LogP contribution in [0.15, 0.2) is 18.2 Å². The number of hydrogen-bond donors (Lipinski definition) is 1. The predicted molar refractivity (Wildman–Crippen MR) is 58.0 cm³/mol. The Morgan fingerprint density at radius 3 is 2.93 bits per heavy atom. The molecule has 1 aliphatic rings. The lowest BCUT2D eigenvalue weighted by Crippen LogP contribution is -2.27. The fourth-order valence-electron chi connectivity index (χ4n) is 1.73. The van der Waals surface area contributed by atoms with Crippen LogP contribution in [0.25, 0.3) is 0 Å². The largest absolute Gasteiger partial charge is 0.308 e. The van der Waals surface area contributed by atoms with Crippen molar-refractivity contribution in [3.63, 3.8) is 0 Å². The number of nitrogens with one attached hydrogen (secondary N) is 1. The van der Waals surface area contributed by atoms with Gasteiger partial charge in [-0.25, -0.2) is 0 Å². The number of rotatable bonds is 4. The van der Waals surface area contributed by atoms with Crippen molar-refractivity contribution >= 4 is 0 Å². The van der Waals surface area contributed by atoms with Gasteiger partial charge in [-0.1, -0.05) is 6.07 Å². The van der Waals surface area contributed by atoms with Gasteiger partial charge in [-0.2, -0.15) is 0 Å². The molecule has 0 aromatic carbocycles. The van der Waals surface area contributed by atoms with Crippen LogP contribution >= 0.6 is 0 Å². The van der Waals surface area contributed by atoms with Crippen LogP contribution < -0.4 is 5.32 Å². The fraction of sp³-hybridized carbons (Fsp3) is 0.583. The van der Waals surface area contributed by atoms with Crippen molar-refractivity contribution in [2.75, 3.05) is 0 Å². The number of pyridine rings is 1. The van der Waals surface area contributed by atoms with Gasteiger partial charge in [0.2, 0.25) is 0 Å². The van der Waals surface area contributed by atoms with Gasteiger partial charge >= 0.3 is 0 Å². The molecule has 1 N–H and O–H groups in total. The Labute approximate surface area is 85.7 Å². The average Bonchev–Trinajstić information content (AvgIpc) is 2.97. The van der Waals surface area contributed by atoms with Crippen LogP contribution in [0.3, 0.4) is 0 Å². The maximum Gasteiger partial charge on any atom is 0.0544 e. The first-order valence-corrected chi connectivity index (χ1v) is 5.41. The normalized spacial score (nSPS) is 18.1. The van der Waals surface area contributed by atoms with Gasteiger partial charge in [0.25, 0.3) is 0 Å². The lowest BCUT2D eigenvalue weighted by Gasteiger charge is -2.12. The quantitative estimate of drug-likeness (QED) is 0.788. The summed E-state index contributed by atoms with van der Waals surface area (Å²) in [6, 6.07) is 6.84. The molecule has 1 heterocycles. The topological polar surface area (TPSA) is 24.9 Å². The van der Waals surface area contributed by atoms with Crippen LogP contribution in [0, 0.1) is 12.8 Å². The Hall–Kier alpha value is -0.890. The molecule has 76 valence electrons. The molecule has 14 heavy (non-hydrogen) atoms. The molecule has 0 saturated heterocycles. The molecule has 1 atom stereocenters. The van der Waals surface area contributed by atoms with E-state index in [1.807, 2.05) is 13.0 Å². The zero-order valence-corrected chi connectivity index (χ0v) is 8.96. The summed E-state index contributed by atoms with van der Waals surface area (Å²) in [4.78, 5) is 4.46. The second-order valence-corrected chi connectivity index (χ2v) is 4.28. The number of aryl methyl sites for hydroxylation is 1. The zero-order valence-electron chi connectivity index (χ0n) is 8.96. The van der Waals surface area contributed by atoms with Gasteiger partial charge in [-0.3, -0.25) is 4.98 Å². The van der Waals surface area contributed by atoms with Crippen LogP contribution in [0.4, 0.5) is 0 Å². The molecule has 1 unspecified atom stereocenters. The Morgan fingerprint density at radius 1 is 1.50 bits per heavy atom. The molecular formula is C12H18N2. The van der Waals surface area contributed by atoms with E-state index in [1.54, 1.807) is 0 Å². The van der Waals surface area contributed by atoms with Crippen LogP contribution in [0.2, 0.25) is 0 Å². The molecule has 1 aromatic heterocycles. The van der Waals surface area contributed by atoms with E-state index in [1.165, 1.54) is 12.8 Å². The molecule has 0 amide bonds. The van der Waals surface area contributed by atoms with E-state index in [4.69, 9.17) is 0 Å². The van der Waals surface area contributed by atoms with Crippen molar-refractivity contribution in [2.45, 2.75) is 39.3 Å². The molecule has 1 saturated carbocycles. The van der Waals surface area contributed by atoms with E-state index < -0.39 is 0 Å². The highest BCUT2D eigenvalue weighted by atomic mass is 14.9. The van der Waals surface area contributed by atoms with E-state index in [-0.39, 0.29) is 0 Å². The Balaban J connectivity index is 1.84. The minimum atomic E-state index is 0.650. The second kappa shape index (κ2) is 4.09. The minimum absolute atomic E-state index is 0.650. The maximum atomic E-state index is 4.46. The highest BCUT2D eigenvalue weighted by molar-refractivity contribution is 5.09. The average molecular weight is 190 g/mol. The van der Waals surface area contributed by atoms with Gasteiger partial charge in [0.15, 0.2) is 0 Å². The molecule has 0 radical (unpaired) electrons. The SMILES string of the molecule is Cc1cccc(CNC(C)C2CC2)n1. The third-order valence-electron chi connectivity index (χ3n) is 2.88. The van der Waals surface area contributed by atoms with Crippen LogP contribution in [0.5, 0.6) is 0 Å². The predicted octanol–water partition coefficient (Wildman–Crippen LogP) is 2.28. The summed E-state index contributed by atoms with van der Waals surface area (Å²) >= 11 is 0. The third-order valence-corrected chi connectivity index (χ3v) is 2.88. The van der Waals surface area contributed by atoms with Crippen molar-refractivity contribution < 1.29 is 0 Å². The van der Waals surface area contributed by atoms with Crippen LogP contribution in [-0.2, 0) is 6.54 Å². The summed E-state index contributed by atoms with van der Waals surface area (Å²) in [5.41, 5.74) is 2.25. The summed E-state index contributed by atoms with van der Waals surface area (Å²) in [5, 5.41) is 3.53. The zero-order chi connectivity index (χ0) is 9.97. The van der Waals surface area contributed by atoms with E-state index in [9.17, 15) is 0 Å². The molecule has 1 aliphatic carbocycles. The Kier molecular flexibility index (Phi) is 2.82. The molecule has 0 aliphatic heterocycles. The summed E-state index contributed by atoms with van der Waals surface area (Å²) in [6.07, 6.45) is 2.80. The fourth-order valence-corrected chi connectivity index (χ4v) is 1.73. The molecule has 0 bridgehead atoms. The smallest absolute Gasteiger partial charge is 0.0544 e. The minimum Gasteiger partial charge on any atom is -0.308 e. The van der Waals surface area contributed by atoms with Crippen molar-refractivity contribution in [1.29, 1.82) is 0 Å². The van der Waals surface area contributed by atoms with Crippen LogP contribution in [0.1, 0.15) is 31.2 Å². The number of nitrogens with zero attached hydrogens (tertiary/aromatic N) is 1. The molecule has 0 spiro atoms. The molecule has 2 heteroatoms. The van der Waals surface area contributed by atoms with Crippen molar-refractivity contribution in [3.8, 4) is 0 Å². The Morgan fingerprint density at radius 2 is 2.29 bits per heavy atom. The first-order chi connectivity index (χ1) is 6.75. The van der Waals surface area contributed by atoms with E-state index in [0.29, 0.717) is 6.04 Å². The summed E-state index contributed by atoms with van der Waals surface area (Å²) in [7, 11) is 0. The van der Waals surface area contributed by atoms with Crippen molar-refractivity contribution in [1.82, 2.24) is 10.3 Å². The summed E-state index contributed by atoms with van der Waals surface area (Å²) in [6.45, 7) is 5.21. The van der Waals surface area contributed by atoms with Gasteiger partial charge in [0, 0.05) is 18.3 Å². The molecule has 2 rings (SSSR count). The highest BCUT2D eigenvalue weighted by Gasteiger charge is 2.27. The van der Waals surface area contributed by atoms with Crippen LogP contribution in [-0.4, -0.2) is 11.0 Å². The van der Waals surface area contributed by atoms with E-state index in [2.05, 4.69) is 29.4 Å². The maximum absolute atomic E-state index is 4.46. The first kappa shape index (κ1) is 9.66. The molecule has 1 fully saturated rings. The highest BCUT2D eigenvalue weighted by Crippen LogP contribution is 2.32. The number of hydrogen-bond acceptors (Lipinski definition) is 2. The number of aromatic nitrogens is 1. The monoisotopic (exact) mass is 190 g/mol. The molecule has 2 nitrogen and oxygen atoms in total. The van der Waals surface area contributed by atoms with Gasteiger partial charge < -0.3 is 5.32 Å². The first-order valence-electron chi connectivity index (χ1n) is 5.41. The van der Waals surface area contributed by atoms with E-state index >= 15 is 0 Å². The van der Waals surface area contributed by atoms with Gasteiger partial charge in [-0.15, -0.1) is 0 Å².